The zero-order valence-corrected chi connectivity index (χ0v) is 12.1. The summed E-state index contributed by atoms with van der Waals surface area (Å²) in [5.41, 5.74) is 8.30. The van der Waals surface area contributed by atoms with Gasteiger partial charge in [-0.15, -0.1) is 11.8 Å². The minimum Gasteiger partial charge on any atom is -0.367 e. The molecule has 1 heterocycles. The molecular formula is C12H17BrN2S. The van der Waals surface area contributed by atoms with Crippen LogP contribution >= 0.6 is 27.7 Å². The van der Waals surface area contributed by atoms with Gasteiger partial charge < -0.3 is 10.6 Å². The molecule has 16 heavy (non-hydrogen) atoms. The first-order valence-electron chi connectivity index (χ1n) is 5.53. The maximum Gasteiger partial charge on any atom is 0.0649 e. The SMILES string of the molecule is Cc1cc(Br)c2c(c1)SC(C)CN2CCN. The van der Waals surface area contributed by atoms with Gasteiger partial charge in [-0.1, -0.05) is 6.92 Å². The number of rotatable bonds is 2. The predicted octanol–water partition coefficient (Wildman–Crippen LogP) is 3.02. The summed E-state index contributed by atoms with van der Waals surface area (Å²) in [5, 5.41) is 0.632. The highest BCUT2D eigenvalue weighted by Gasteiger charge is 2.24. The number of halogens is 1. The smallest absolute Gasteiger partial charge is 0.0649 e. The number of nitrogens with two attached hydrogens (primary N) is 1. The molecule has 0 aromatic heterocycles. The van der Waals surface area contributed by atoms with Crippen LogP contribution in [-0.4, -0.2) is 24.9 Å². The molecule has 1 aromatic carbocycles. The fourth-order valence-corrected chi connectivity index (χ4v) is 4.36. The Labute approximate surface area is 110 Å². The predicted molar refractivity (Wildman–Crippen MR) is 75.5 cm³/mol. The van der Waals surface area contributed by atoms with Gasteiger partial charge in [0, 0.05) is 34.3 Å². The molecule has 4 heteroatoms. The highest BCUT2D eigenvalue weighted by Crippen LogP contribution is 2.43. The first-order valence-corrected chi connectivity index (χ1v) is 7.21. The first kappa shape index (κ1) is 12.3. The van der Waals surface area contributed by atoms with E-state index in [1.165, 1.54) is 20.6 Å². The molecule has 1 aliphatic heterocycles. The summed E-state index contributed by atoms with van der Waals surface area (Å²) in [5.74, 6) is 0. The fraction of sp³-hybridized carbons (Fsp3) is 0.500. The molecule has 1 atom stereocenters. The van der Waals surface area contributed by atoms with Crippen molar-refractivity contribution in [2.24, 2.45) is 5.73 Å². The number of fused-ring (bicyclic) bond motifs is 1. The van der Waals surface area contributed by atoms with Crippen LogP contribution in [0.25, 0.3) is 0 Å². The van der Waals surface area contributed by atoms with E-state index in [4.69, 9.17) is 5.73 Å². The van der Waals surface area contributed by atoms with E-state index in [-0.39, 0.29) is 0 Å². The van der Waals surface area contributed by atoms with E-state index >= 15 is 0 Å². The van der Waals surface area contributed by atoms with Crippen molar-refractivity contribution < 1.29 is 0 Å². The minimum absolute atomic E-state index is 0.632. The van der Waals surface area contributed by atoms with Gasteiger partial charge in [-0.05, 0) is 40.5 Å². The molecule has 0 fully saturated rings. The van der Waals surface area contributed by atoms with Gasteiger partial charge in [0.2, 0.25) is 0 Å². The fourth-order valence-electron chi connectivity index (χ4n) is 2.11. The van der Waals surface area contributed by atoms with Crippen LogP contribution in [0.1, 0.15) is 12.5 Å². The highest BCUT2D eigenvalue weighted by atomic mass is 79.9. The molecule has 1 aliphatic rings. The number of hydrogen-bond acceptors (Lipinski definition) is 3. The Morgan fingerprint density at radius 3 is 3.00 bits per heavy atom. The Morgan fingerprint density at radius 1 is 1.56 bits per heavy atom. The maximum atomic E-state index is 5.68. The standard InChI is InChI=1S/C12H17BrN2S/c1-8-5-10(13)12-11(6-8)16-9(2)7-15(12)4-3-14/h5-6,9H,3-4,7,14H2,1-2H3. The lowest BCUT2D eigenvalue weighted by Crippen LogP contribution is -2.37. The van der Waals surface area contributed by atoms with Gasteiger partial charge in [0.15, 0.2) is 0 Å². The Morgan fingerprint density at radius 2 is 2.31 bits per heavy atom. The summed E-state index contributed by atoms with van der Waals surface area (Å²) in [7, 11) is 0. The third-order valence-corrected chi connectivity index (χ3v) is 4.41. The second-order valence-corrected chi connectivity index (χ2v) is 6.59. The monoisotopic (exact) mass is 300 g/mol. The van der Waals surface area contributed by atoms with Gasteiger partial charge >= 0.3 is 0 Å². The number of aryl methyl sites for hydroxylation is 1. The second-order valence-electron chi connectivity index (χ2n) is 4.26. The van der Waals surface area contributed by atoms with E-state index in [0.717, 1.165) is 13.1 Å². The molecule has 2 rings (SSSR count). The Kier molecular flexibility index (Phi) is 3.82. The van der Waals surface area contributed by atoms with Crippen LogP contribution in [-0.2, 0) is 0 Å². The van der Waals surface area contributed by atoms with E-state index in [9.17, 15) is 0 Å². The summed E-state index contributed by atoms with van der Waals surface area (Å²) in [6, 6.07) is 4.45. The average Bonchev–Trinajstić information content (AvgIpc) is 2.15. The van der Waals surface area contributed by atoms with E-state index in [0.29, 0.717) is 11.8 Å². The largest absolute Gasteiger partial charge is 0.367 e. The van der Waals surface area contributed by atoms with E-state index < -0.39 is 0 Å². The van der Waals surface area contributed by atoms with Crippen molar-refractivity contribution in [2.45, 2.75) is 24.0 Å². The number of benzene rings is 1. The van der Waals surface area contributed by atoms with Crippen molar-refractivity contribution in [3.05, 3.63) is 22.2 Å². The average molecular weight is 301 g/mol. The molecule has 1 unspecified atom stereocenters. The molecule has 1 aromatic rings. The van der Waals surface area contributed by atoms with Crippen molar-refractivity contribution in [2.75, 3.05) is 24.5 Å². The molecule has 2 N–H and O–H groups in total. The lowest BCUT2D eigenvalue weighted by molar-refractivity contribution is 0.751. The van der Waals surface area contributed by atoms with E-state index in [1.54, 1.807) is 0 Å². The normalized spacial score (nSPS) is 19.8. The summed E-state index contributed by atoms with van der Waals surface area (Å²) in [6.07, 6.45) is 0. The maximum absolute atomic E-state index is 5.68. The van der Waals surface area contributed by atoms with Crippen LogP contribution in [0, 0.1) is 6.92 Å². The Bertz CT molecular complexity index is 395. The summed E-state index contributed by atoms with van der Waals surface area (Å²) >= 11 is 5.62. The zero-order valence-electron chi connectivity index (χ0n) is 9.66. The Hall–Kier alpha value is -0.190. The van der Waals surface area contributed by atoms with Crippen molar-refractivity contribution in [1.29, 1.82) is 0 Å². The molecule has 0 aliphatic carbocycles. The van der Waals surface area contributed by atoms with Crippen molar-refractivity contribution in [3.63, 3.8) is 0 Å². The number of hydrogen-bond donors (Lipinski definition) is 1. The van der Waals surface area contributed by atoms with Gasteiger partial charge in [-0.25, -0.2) is 0 Å². The molecular weight excluding hydrogens is 284 g/mol. The van der Waals surface area contributed by atoms with Crippen LogP contribution in [0.4, 0.5) is 5.69 Å². The molecule has 88 valence electrons. The van der Waals surface area contributed by atoms with Gasteiger partial charge in [-0.2, -0.15) is 0 Å². The summed E-state index contributed by atoms with van der Waals surface area (Å²) in [4.78, 5) is 3.76. The highest BCUT2D eigenvalue weighted by molar-refractivity contribution is 9.10. The number of anilines is 1. The van der Waals surface area contributed by atoms with Crippen LogP contribution in [0.3, 0.4) is 0 Å². The van der Waals surface area contributed by atoms with Gasteiger partial charge in [-0.3, -0.25) is 0 Å². The van der Waals surface area contributed by atoms with E-state index in [2.05, 4.69) is 46.8 Å². The van der Waals surface area contributed by atoms with Crippen molar-refractivity contribution in [3.8, 4) is 0 Å². The number of thioether (sulfide) groups is 1. The van der Waals surface area contributed by atoms with Gasteiger partial charge in [0.1, 0.15) is 0 Å². The van der Waals surface area contributed by atoms with Gasteiger partial charge in [0.25, 0.3) is 0 Å². The molecule has 0 saturated carbocycles. The number of nitrogens with zero attached hydrogens (tertiary/aromatic N) is 1. The first-order chi connectivity index (χ1) is 7.61. The van der Waals surface area contributed by atoms with E-state index in [1.807, 2.05) is 11.8 Å². The second kappa shape index (κ2) is 4.98. The zero-order chi connectivity index (χ0) is 11.7. The van der Waals surface area contributed by atoms with Crippen molar-refractivity contribution >= 4 is 33.4 Å². The third kappa shape index (κ3) is 2.39. The Balaban J connectivity index is 2.44. The van der Waals surface area contributed by atoms with Crippen LogP contribution < -0.4 is 10.6 Å². The van der Waals surface area contributed by atoms with Crippen LogP contribution in [0.2, 0.25) is 0 Å². The van der Waals surface area contributed by atoms with Gasteiger partial charge in [0.05, 0.1) is 5.69 Å². The quantitative estimate of drug-likeness (QED) is 0.910. The van der Waals surface area contributed by atoms with Crippen LogP contribution in [0.15, 0.2) is 21.5 Å². The molecule has 0 spiro atoms. The summed E-state index contributed by atoms with van der Waals surface area (Å²) in [6.45, 7) is 7.12. The van der Waals surface area contributed by atoms with Crippen molar-refractivity contribution in [1.82, 2.24) is 0 Å². The third-order valence-electron chi connectivity index (χ3n) is 2.69. The molecule has 0 radical (unpaired) electrons. The minimum atomic E-state index is 0.632. The van der Waals surface area contributed by atoms with Crippen LogP contribution in [0.5, 0.6) is 0 Å². The lowest BCUT2D eigenvalue weighted by Gasteiger charge is -2.35. The molecule has 0 bridgehead atoms. The molecule has 0 saturated heterocycles. The molecule has 0 amide bonds. The summed E-state index contributed by atoms with van der Waals surface area (Å²) < 4.78 is 1.19. The molecule has 2 nitrogen and oxygen atoms in total. The topological polar surface area (TPSA) is 29.3 Å². The lowest BCUT2D eigenvalue weighted by atomic mass is 10.2.